The Kier molecular flexibility index (Phi) is 2.78. The van der Waals surface area contributed by atoms with Gasteiger partial charge in [-0.05, 0) is 18.2 Å². The van der Waals surface area contributed by atoms with Gasteiger partial charge in [0.25, 0.3) is 5.91 Å². The van der Waals surface area contributed by atoms with Gasteiger partial charge < -0.3 is 15.6 Å². The van der Waals surface area contributed by atoms with E-state index in [-0.39, 0.29) is 11.4 Å². The van der Waals surface area contributed by atoms with Gasteiger partial charge >= 0.3 is 0 Å². The van der Waals surface area contributed by atoms with E-state index in [0.717, 1.165) is 6.07 Å². The predicted molar refractivity (Wildman–Crippen MR) is 62.0 cm³/mol. The zero-order valence-electron chi connectivity index (χ0n) is 9.14. The van der Waals surface area contributed by atoms with E-state index in [2.05, 4.69) is 10.3 Å². The molecule has 88 valence electrons. The molecule has 0 atom stereocenters. The third kappa shape index (κ3) is 2.41. The molecule has 0 bridgehead atoms. The van der Waals surface area contributed by atoms with E-state index in [1.165, 1.54) is 18.5 Å². The molecule has 3 N–H and O–H groups in total. The number of nitrogens with one attached hydrogen (secondary N) is 1. The predicted octanol–water partition coefficient (Wildman–Crippen LogP) is 1.39. The summed E-state index contributed by atoms with van der Waals surface area (Å²) in [6.45, 7) is 0. The first-order chi connectivity index (χ1) is 8.06. The summed E-state index contributed by atoms with van der Waals surface area (Å²) in [6, 6.07) is 3.78. The van der Waals surface area contributed by atoms with E-state index in [0.29, 0.717) is 5.69 Å². The van der Waals surface area contributed by atoms with Gasteiger partial charge in [-0.2, -0.15) is 0 Å². The van der Waals surface area contributed by atoms with Crippen molar-refractivity contribution in [2.75, 3.05) is 11.1 Å². The number of nitrogen functional groups attached to an aromatic ring is 1. The highest BCUT2D eigenvalue weighted by Gasteiger charge is 2.10. The van der Waals surface area contributed by atoms with Crippen molar-refractivity contribution in [1.82, 2.24) is 9.55 Å². The summed E-state index contributed by atoms with van der Waals surface area (Å²) >= 11 is 0. The number of aromatic nitrogens is 2. The highest BCUT2D eigenvalue weighted by atomic mass is 19.1. The lowest BCUT2D eigenvalue weighted by Gasteiger charge is -2.06. The maximum atomic E-state index is 13.0. The number of benzene rings is 1. The molecule has 0 unspecified atom stereocenters. The van der Waals surface area contributed by atoms with Gasteiger partial charge in [-0.1, -0.05) is 0 Å². The molecule has 0 saturated heterocycles. The quantitative estimate of drug-likeness (QED) is 0.771. The molecule has 0 aliphatic heterocycles. The van der Waals surface area contributed by atoms with Crippen LogP contribution >= 0.6 is 0 Å². The number of hydrogen-bond acceptors (Lipinski definition) is 3. The number of amides is 1. The Morgan fingerprint density at radius 3 is 2.94 bits per heavy atom. The van der Waals surface area contributed by atoms with E-state index in [4.69, 9.17) is 5.73 Å². The summed E-state index contributed by atoms with van der Waals surface area (Å²) in [6.07, 6.45) is 3.06. The molecule has 0 fully saturated rings. The molecule has 1 aromatic heterocycles. The zero-order valence-corrected chi connectivity index (χ0v) is 9.14. The topological polar surface area (TPSA) is 72.9 Å². The van der Waals surface area contributed by atoms with Crippen LogP contribution in [0.4, 0.5) is 15.8 Å². The summed E-state index contributed by atoms with van der Waals surface area (Å²) < 4.78 is 14.6. The lowest BCUT2D eigenvalue weighted by atomic mass is 10.2. The number of anilines is 2. The third-order valence-corrected chi connectivity index (χ3v) is 2.20. The fourth-order valence-electron chi connectivity index (χ4n) is 1.35. The average Bonchev–Trinajstić information content (AvgIpc) is 2.70. The average molecular weight is 234 g/mol. The molecule has 0 aliphatic rings. The van der Waals surface area contributed by atoms with Crippen LogP contribution in [-0.4, -0.2) is 15.5 Å². The van der Waals surface area contributed by atoms with Crippen LogP contribution in [0.25, 0.3) is 0 Å². The minimum absolute atomic E-state index is 0.237. The number of nitrogens with zero attached hydrogens (tertiary/aromatic N) is 2. The fourth-order valence-corrected chi connectivity index (χ4v) is 1.35. The summed E-state index contributed by atoms with van der Waals surface area (Å²) in [4.78, 5) is 15.6. The van der Waals surface area contributed by atoms with Gasteiger partial charge in [0.1, 0.15) is 11.5 Å². The molecule has 0 radical (unpaired) electrons. The molecule has 0 aliphatic carbocycles. The van der Waals surface area contributed by atoms with Crippen molar-refractivity contribution in [2.24, 2.45) is 7.05 Å². The molecule has 17 heavy (non-hydrogen) atoms. The Hall–Kier alpha value is -2.37. The minimum atomic E-state index is -0.462. The maximum Gasteiger partial charge on any atom is 0.275 e. The Labute approximate surface area is 97.1 Å². The number of carbonyl (C=O) groups excluding carboxylic acids is 1. The van der Waals surface area contributed by atoms with Crippen molar-refractivity contribution in [3.8, 4) is 0 Å². The van der Waals surface area contributed by atoms with Crippen LogP contribution in [0.5, 0.6) is 0 Å². The summed E-state index contributed by atoms with van der Waals surface area (Å²) in [7, 11) is 1.75. The van der Waals surface area contributed by atoms with Gasteiger partial charge in [0.15, 0.2) is 0 Å². The maximum absolute atomic E-state index is 13.0. The lowest BCUT2D eigenvalue weighted by Crippen LogP contribution is -2.13. The fraction of sp³-hybridized carbons (Fsp3) is 0.0909. The Bertz CT molecular complexity index is 564. The summed E-state index contributed by atoms with van der Waals surface area (Å²) in [5, 5.41) is 2.50. The number of nitrogens with two attached hydrogens (primary N) is 1. The number of imidazole rings is 1. The first-order valence-corrected chi connectivity index (χ1v) is 4.90. The second kappa shape index (κ2) is 4.25. The van der Waals surface area contributed by atoms with E-state index < -0.39 is 11.7 Å². The van der Waals surface area contributed by atoms with Crippen LogP contribution in [0, 0.1) is 5.82 Å². The normalized spacial score (nSPS) is 10.2. The Morgan fingerprint density at radius 2 is 2.29 bits per heavy atom. The molecule has 2 rings (SSSR count). The second-order valence-electron chi connectivity index (χ2n) is 3.61. The molecule has 1 heterocycles. The molecular formula is C11H11FN4O. The van der Waals surface area contributed by atoms with Crippen LogP contribution < -0.4 is 11.1 Å². The van der Waals surface area contributed by atoms with Gasteiger partial charge in [0.2, 0.25) is 0 Å². The van der Waals surface area contributed by atoms with E-state index >= 15 is 0 Å². The van der Waals surface area contributed by atoms with Crippen LogP contribution in [0.1, 0.15) is 10.5 Å². The van der Waals surface area contributed by atoms with Crippen LogP contribution in [-0.2, 0) is 7.05 Å². The van der Waals surface area contributed by atoms with Crippen molar-refractivity contribution in [1.29, 1.82) is 0 Å². The SMILES string of the molecule is Cn1cnc(C(=O)Nc2cc(F)ccc2N)c1. The molecule has 1 aromatic carbocycles. The molecule has 2 aromatic rings. The van der Waals surface area contributed by atoms with Gasteiger partial charge in [-0.3, -0.25) is 4.79 Å². The van der Waals surface area contributed by atoms with Gasteiger partial charge in [-0.15, -0.1) is 0 Å². The first kappa shape index (κ1) is 11.1. The molecule has 6 heteroatoms. The highest BCUT2D eigenvalue weighted by Crippen LogP contribution is 2.19. The van der Waals surface area contributed by atoms with E-state index in [1.54, 1.807) is 17.8 Å². The van der Waals surface area contributed by atoms with E-state index in [1.807, 2.05) is 0 Å². The number of hydrogen-bond donors (Lipinski definition) is 2. The van der Waals surface area contributed by atoms with Crippen molar-refractivity contribution in [2.45, 2.75) is 0 Å². The number of halogens is 1. The highest BCUT2D eigenvalue weighted by molar-refractivity contribution is 6.04. The molecule has 1 amide bonds. The monoisotopic (exact) mass is 234 g/mol. The summed E-state index contributed by atoms with van der Waals surface area (Å²) in [5.41, 5.74) is 6.40. The van der Waals surface area contributed by atoms with Crippen LogP contribution in [0.15, 0.2) is 30.7 Å². The minimum Gasteiger partial charge on any atom is -0.397 e. The number of aryl methyl sites for hydroxylation is 1. The smallest absolute Gasteiger partial charge is 0.275 e. The van der Waals surface area contributed by atoms with Gasteiger partial charge in [0, 0.05) is 13.2 Å². The third-order valence-electron chi connectivity index (χ3n) is 2.20. The number of rotatable bonds is 2. The summed E-state index contributed by atoms with van der Waals surface area (Å²) in [5.74, 6) is -0.890. The van der Waals surface area contributed by atoms with Crippen molar-refractivity contribution >= 4 is 17.3 Å². The zero-order chi connectivity index (χ0) is 12.4. The lowest BCUT2D eigenvalue weighted by molar-refractivity contribution is 0.102. The van der Waals surface area contributed by atoms with Crippen LogP contribution in [0.3, 0.4) is 0 Å². The van der Waals surface area contributed by atoms with Gasteiger partial charge in [-0.25, -0.2) is 9.37 Å². The van der Waals surface area contributed by atoms with Crippen molar-refractivity contribution in [3.63, 3.8) is 0 Å². The first-order valence-electron chi connectivity index (χ1n) is 4.90. The second-order valence-corrected chi connectivity index (χ2v) is 3.61. The van der Waals surface area contributed by atoms with Crippen LogP contribution in [0.2, 0.25) is 0 Å². The van der Waals surface area contributed by atoms with Gasteiger partial charge in [0.05, 0.1) is 17.7 Å². The molecule has 0 spiro atoms. The largest absolute Gasteiger partial charge is 0.397 e. The molecule has 0 saturated carbocycles. The molecule has 5 nitrogen and oxygen atoms in total. The Morgan fingerprint density at radius 1 is 1.53 bits per heavy atom. The Balaban J connectivity index is 2.21. The standard InChI is InChI=1S/C11H11FN4O/c1-16-5-10(14-6-16)11(17)15-9-4-7(12)2-3-8(9)13/h2-6H,13H2,1H3,(H,15,17). The number of carbonyl (C=O) groups is 1. The van der Waals surface area contributed by atoms with Crippen molar-refractivity contribution in [3.05, 3.63) is 42.2 Å². The van der Waals surface area contributed by atoms with E-state index in [9.17, 15) is 9.18 Å². The molecular weight excluding hydrogens is 223 g/mol. The van der Waals surface area contributed by atoms with Crippen molar-refractivity contribution < 1.29 is 9.18 Å².